The number of hydrogen-bond acceptors (Lipinski definition) is 3. The summed E-state index contributed by atoms with van der Waals surface area (Å²) in [4.78, 5) is 14.9. The molecule has 0 bridgehead atoms. The van der Waals surface area contributed by atoms with Crippen LogP contribution < -0.4 is 0 Å². The smallest absolute Gasteiger partial charge is 0.222 e. The third-order valence-corrected chi connectivity index (χ3v) is 6.34. The third kappa shape index (κ3) is 4.29. The number of rotatable bonds is 5. The van der Waals surface area contributed by atoms with Gasteiger partial charge in [0.1, 0.15) is 11.6 Å². The Morgan fingerprint density at radius 1 is 1.04 bits per heavy atom. The van der Waals surface area contributed by atoms with E-state index >= 15 is 0 Å². The van der Waals surface area contributed by atoms with Crippen molar-refractivity contribution < 1.29 is 4.79 Å². The van der Waals surface area contributed by atoms with E-state index in [1.54, 1.807) is 0 Å². The molecular formula is C23H32N4O. The Labute approximate surface area is 168 Å². The minimum atomic E-state index is 0.278. The van der Waals surface area contributed by atoms with E-state index in [1.165, 1.54) is 30.4 Å². The fourth-order valence-corrected chi connectivity index (χ4v) is 4.57. The molecule has 1 fully saturated rings. The molecule has 5 nitrogen and oxygen atoms in total. The van der Waals surface area contributed by atoms with Crippen molar-refractivity contribution in [3.63, 3.8) is 0 Å². The molecule has 0 radical (unpaired) electrons. The summed E-state index contributed by atoms with van der Waals surface area (Å²) in [6.07, 6.45) is 9.39. The number of aryl methyl sites for hydroxylation is 3. The van der Waals surface area contributed by atoms with Gasteiger partial charge in [-0.15, -0.1) is 10.2 Å². The molecule has 28 heavy (non-hydrogen) atoms. The first-order valence-corrected chi connectivity index (χ1v) is 11.0. The molecular weight excluding hydrogens is 348 g/mol. The highest BCUT2D eigenvalue weighted by Crippen LogP contribution is 2.28. The fraction of sp³-hybridized carbons (Fsp3) is 0.609. The Bertz CT molecular complexity index is 795. The van der Waals surface area contributed by atoms with Crippen LogP contribution in [0.5, 0.6) is 0 Å². The third-order valence-electron chi connectivity index (χ3n) is 6.34. The number of likely N-dealkylation sites (tertiary alicyclic amines) is 1. The molecule has 4 rings (SSSR count). The van der Waals surface area contributed by atoms with E-state index in [1.807, 2.05) is 0 Å². The van der Waals surface area contributed by atoms with E-state index in [9.17, 15) is 4.79 Å². The van der Waals surface area contributed by atoms with Crippen LogP contribution in [0, 0.1) is 0 Å². The van der Waals surface area contributed by atoms with Crippen molar-refractivity contribution in [3.05, 3.63) is 47.0 Å². The number of carbonyl (C=O) groups is 1. The lowest BCUT2D eigenvalue weighted by atomic mass is 9.96. The maximum Gasteiger partial charge on any atom is 0.222 e. The summed E-state index contributed by atoms with van der Waals surface area (Å²) in [6, 6.07) is 8.68. The van der Waals surface area contributed by atoms with Crippen LogP contribution in [0.15, 0.2) is 24.3 Å². The minimum absolute atomic E-state index is 0.278. The lowest BCUT2D eigenvalue weighted by molar-refractivity contribution is -0.132. The first-order valence-electron chi connectivity index (χ1n) is 11.0. The van der Waals surface area contributed by atoms with Gasteiger partial charge >= 0.3 is 0 Å². The van der Waals surface area contributed by atoms with E-state index in [2.05, 4.69) is 50.9 Å². The van der Waals surface area contributed by atoms with Gasteiger partial charge in [-0.25, -0.2) is 0 Å². The molecule has 2 aliphatic heterocycles. The minimum Gasteiger partial charge on any atom is -0.342 e. The van der Waals surface area contributed by atoms with Gasteiger partial charge in [-0.1, -0.05) is 37.6 Å². The second-order valence-electron chi connectivity index (χ2n) is 8.29. The van der Waals surface area contributed by atoms with Crippen LogP contribution in [0.25, 0.3) is 0 Å². The van der Waals surface area contributed by atoms with Crippen LogP contribution in [0.3, 0.4) is 0 Å². The number of piperidine rings is 1. The molecule has 1 unspecified atom stereocenters. The van der Waals surface area contributed by atoms with Crippen molar-refractivity contribution in [2.24, 2.45) is 0 Å². The molecule has 3 heterocycles. The van der Waals surface area contributed by atoms with Gasteiger partial charge in [0.25, 0.3) is 0 Å². The lowest BCUT2D eigenvalue weighted by Gasteiger charge is -2.32. The number of benzene rings is 1. The molecule has 1 atom stereocenters. The van der Waals surface area contributed by atoms with Crippen molar-refractivity contribution >= 4 is 5.91 Å². The van der Waals surface area contributed by atoms with Crippen molar-refractivity contribution in [1.29, 1.82) is 0 Å². The summed E-state index contributed by atoms with van der Waals surface area (Å²) >= 11 is 0. The van der Waals surface area contributed by atoms with Crippen molar-refractivity contribution in [1.82, 2.24) is 19.7 Å². The molecule has 1 amide bonds. The summed E-state index contributed by atoms with van der Waals surface area (Å²) in [5, 5.41) is 9.00. The quantitative estimate of drug-likeness (QED) is 0.790. The van der Waals surface area contributed by atoms with Crippen LogP contribution in [0.2, 0.25) is 0 Å². The van der Waals surface area contributed by atoms with E-state index in [0.29, 0.717) is 12.3 Å². The summed E-state index contributed by atoms with van der Waals surface area (Å²) in [5.74, 6) is 2.87. The highest BCUT2D eigenvalue weighted by molar-refractivity contribution is 5.76. The monoisotopic (exact) mass is 380 g/mol. The zero-order valence-electron chi connectivity index (χ0n) is 17.1. The predicted molar refractivity (Wildman–Crippen MR) is 110 cm³/mol. The van der Waals surface area contributed by atoms with Crippen LogP contribution >= 0.6 is 0 Å². The maximum absolute atomic E-state index is 12.8. The van der Waals surface area contributed by atoms with Gasteiger partial charge in [-0.2, -0.15) is 0 Å². The average molecular weight is 381 g/mol. The SMILES string of the molecule is CCc1ccc(CCC(=O)N2CCCC(c3nnc4n3CCCCC4)C2)cc1. The molecule has 0 N–H and O–H groups in total. The molecule has 2 aromatic rings. The second-order valence-corrected chi connectivity index (χ2v) is 8.29. The lowest BCUT2D eigenvalue weighted by Crippen LogP contribution is -2.40. The van der Waals surface area contributed by atoms with Crippen molar-refractivity contribution in [3.8, 4) is 0 Å². The van der Waals surface area contributed by atoms with Gasteiger partial charge in [0, 0.05) is 38.4 Å². The summed E-state index contributed by atoms with van der Waals surface area (Å²) in [6.45, 7) is 4.88. The highest BCUT2D eigenvalue weighted by atomic mass is 16.2. The Kier molecular flexibility index (Phi) is 6.08. The van der Waals surface area contributed by atoms with Crippen LogP contribution in [0.1, 0.15) is 74.1 Å². The molecule has 5 heteroatoms. The molecule has 1 aromatic carbocycles. The Balaban J connectivity index is 1.36. The summed E-state index contributed by atoms with van der Waals surface area (Å²) < 4.78 is 2.35. The van der Waals surface area contributed by atoms with Gasteiger partial charge in [0.2, 0.25) is 5.91 Å². The van der Waals surface area contributed by atoms with Gasteiger partial charge in [-0.3, -0.25) is 4.79 Å². The highest BCUT2D eigenvalue weighted by Gasteiger charge is 2.29. The van der Waals surface area contributed by atoms with Gasteiger partial charge in [-0.05, 0) is 49.7 Å². The number of carbonyl (C=O) groups excluding carboxylic acids is 1. The topological polar surface area (TPSA) is 51.0 Å². The molecule has 0 saturated carbocycles. The Hall–Kier alpha value is -2.17. The van der Waals surface area contributed by atoms with Gasteiger partial charge in [0.15, 0.2) is 0 Å². The normalized spacial score (nSPS) is 19.9. The van der Waals surface area contributed by atoms with Crippen molar-refractivity contribution in [2.45, 2.75) is 77.2 Å². The summed E-state index contributed by atoms with van der Waals surface area (Å²) in [7, 11) is 0. The average Bonchev–Trinajstić information content (AvgIpc) is 3.00. The van der Waals surface area contributed by atoms with Gasteiger partial charge in [0.05, 0.1) is 0 Å². The van der Waals surface area contributed by atoms with E-state index in [-0.39, 0.29) is 5.91 Å². The molecule has 0 spiro atoms. The zero-order valence-corrected chi connectivity index (χ0v) is 17.1. The molecule has 1 aromatic heterocycles. The molecule has 150 valence electrons. The Morgan fingerprint density at radius 2 is 1.86 bits per heavy atom. The van der Waals surface area contributed by atoms with Crippen LogP contribution in [0.4, 0.5) is 0 Å². The number of nitrogens with zero attached hydrogens (tertiary/aromatic N) is 4. The molecule has 0 aliphatic carbocycles. The second kappa shape index (κ2) is 8.89. The number of amides is 1. The molecule has 2 aliphatic rings. The zero-order chi connectivity index (χ0) is 19.3. The first-order chi connectivity index (χ1) is 13.7. The number of aromatic nitrogens is 3. The predicted octanol–water partition coefficient (Wildman–Crippen LogP) is 3.91. The number of fused-ring (bicyclic) bond motifs is 1. The summed E-state index contributed by atoms with van der Waals surface area (Å²) in [5.41, 5.74) is 2.60. The maximum atomic E-state index is 12.8. The van der Waals surface area contributed by atoms with Crippen molar-refractivity contribution in [2.75, 3.05) is 13.1 Å². The fourth-order valence-electron chi connectivity index (χ4n) is 4.57. The van der Waals surface area contributed by atoms with E-state index < -0.39 is 0 Å². The van der Waals surface area contributed by atoms with Crippen LogP contribution in [-0.2, 0) is 30.6 Å². The van der Waals surface area contributed by atoms with Crippen LogP contribution in [-0.4, -0.2) is 38.7 Å². The van der Waals surface area contributed by atoms with E-state index in [4.69, 9.17) is 0 Å². The van der Waals surface area contributed by atoms with Gasteiger partial charge < -0.3 is 9.47 Å². The van der Waals surface area contributed by atoms with E-state index in [0.717, 1.165) is 63.4 Å². The first kappa shape index (κ1) is 19.2. The Morgan fingerprint density at radius 3 is 2.68 bits per heavy atom. The standard InChI is InChI=1S/C23H32N4O/c1-2-18-9-11-19(12-10-18)13-14-22(28)26-15-6-7-20(17-26)23-25-24-21-8-4-3-5-16-27(21)23/h9-12,20H,2-8,13-17H2,1H3. The largest absolute Gasteiger partial charge is 0.342 e. The molecule has 1 saturated heterocycles. The number of hydrogen-bond donors (Lipinski definition) is 0.